The molecule has 0 unspecified atom stereocenters. The molecule has 1 heterocycles. The molecule has 0 radical (unpaired) electrons. The summed E-state index contributed by atoms with van der Waals surface area (Å²) in [6, 6.07) is 0. The van der Waals surface area contributed by atoms with Gasteiger partial charge in [-0.15, -0.1) is 0 Å². The molecule has 0 aromatic rings. The average molecular weight is 188 g/mol. The molecule has 4 nitrogen and oxygen atoms in total. The Morgan fingerprint density at radius 1 is 1.75 bits per heavy atom. The van der Waals surface area contributed by atoms with Crippen molar-refractivity contribution in [2.24, 2.45) is 4.99 Å². The summed E-state index contributed by atoms with van der Waals surface area (Å²) in [6.45, 7) is 1.77. The highest BCUT2D eigenvalue weighted by molar-refractivity contribution is 8.13. The van der Waals surface area contributed by atoms with Crippen LogP contribution in [0.25, 0.3) is 0 Å². The maximum atomic E-state index is 10.9. The SMILES string of the molecule is COCCN1CC(=O)N=C1SC. The molecule has 0 atom stereocenters. The molecule has 0 saturated heterocycles. The lowest BCUT2D eigenvalue weighted by Crippen LogP contribution is -2.29. The molecular formula is C7H12N2O2S. The first-order valence-corrected chi connectivity index (χ1v) is 4.89. The van der Waals surface area contributed by atoms with E-state index in [1.54, 1.807) is 7.11 Å². The summed E-state index contributed by atoms with van der Waals surface area (Å²) in [5.74, 6) is -0.0598. The Balaban J connectivity index is 2.45. The van der Waals surface area contributed by atoms with Crippen molar-refractivity contribution in [2.45, 2.75) is 0 Å². The van der Waals surface area contributed by atoms with Gasteiger partial charge in [0.05, 0.1) is 6.61 Å². The van der Waals surface area contributed by atoms with E-state index in [2.05, 4.69) is 4.99 Å². The van der Waals surface area contributed by atoms with Gasteiger partial charge in [0, 0.05) is 13.7 Å². The van der Waals surface area contributed by atoms with Crippen molar-refractivity contribution < 1.29 is 9.53 Å². The number of carbonyl (C=O) groups is 1. The summed E-state index contributed by atoms with van der Waals surface area (Å²) in [7, 11) is 1.65. The summed E-state index contributed by atoms with van der Waals surface area (Å²) in [4.78, 5) is 16.7. The minimum absolute atomic E-state index is 0.0598. The predicted molar refractivity (Wildman–Crippen MR) is 49.4 cm³/mol. The highest BCUT2D eigenvalue weighted by Crippen LogP contribution is 2.11. The molecule has 1 rings (SSSR count). The smallest absolute Gasteiger partial charge is 0.267 e. The second-order valence-electron chi connectivity index (χ2n) is 2.41. The fourth-order valence-electron chi connectivity index (χ4n) is 0.995. The van der Waals surface area contributed by atoms with Crippen LogP contribution in [0.1, 0.15) is 0 Å². The van der Waals surface area contributed by atoms with Crippen LogP contribution in [0.2, 0.25) is 0 Å². The standard InChI is InChI=1S/C7H12N2O2S/c1-11-4-3-9-5-6(10)8-7(9)12-2/h3-5H2,1-2H3. The molecule has 0 fully saturated rings. The molecule has 0 N–H and O–H groups in total. The van der Waals surface area contributed by atoms with Gasteiger partial charge in [0.2, 0.25) is 0 Å². The number of amides is 1. The number of ether oxygens (including phenoxy) is 1. The van der Waals surface area contributed by atoms with Crippen LogP contribution in [0.5, 0.6) is 0 Å². The lowest BCUT2D eigenvalue weighted by molar-refractivity contribution is -0.117. The van der Waals surface area contributed by atoms with Crippen molar-refractivity contribution in [3.05, 3.63) is 0 Å². The highest BCUT2D eigenvalue weighted by Gasteiger charge is 2.21. The third kappa shape index (κ3) is 2.22. The van der Waals surface area contributed by atoms with Crippen molar-refractivity contribution in [2.75, 3.05) is 33.1 Å². The minimum Gasteiger partial charge on any atom is -0.383 e. The molecule has 0 bridgehead atoms. The second-order valence-corrected chi connectivity index (χ2v) is 3.18. The molecule has 0 saturated carbocycles. The number of hydrogen-bond donors (Lipinski definition) is 0. The number of amidine groups is 1. The van der Waals surface area contributed by atoms with Crippen molar-refractivity contribution in [1.29, 1.82) is 0 Å². The Bertz CT molecular complexity index is 206. The first-order valence-electron chi connectivity index (χ1n) is 3.67. The number of rotatable bonds is 3. The number of carbonyl (C=O) groups excluding carboxylic acids is 1. The van der Waals surface area contributed by atoms with E-state index in [0.29, 0.717) is 13.2 Å². The molecule has 5 heteroatoms. The van der Waals surface area contributed by atoms with Crippen LogP contribution >= 0.6 is 11.8 Å². The fourth-order valence-corrected chi connectivity index (χ4v) is 1.60. The van der Waals surface area contributed by atoms with E-state index in [4.69, 9.17) is 4.74 Å². The molecule has 0 aromatic carbocycles. The minimum atomic E-state index is -0.0598. The predicted octanol–water partition coefficient (Wildman–Crippen LogP) is 0.194. The lowest BCUT2D eigenvalue weighted by Gasteiger charge is -2.16. The van der Waals surface area contributed by atoms with Crippen LogP contribution in [-0.4, -0.2) is 49.0 Å². The van der Waals surface area contributed by atoms with Crippen LogP contribution in [-0.2, 0) is 9.53 Å². The van der Waals surface area contributed by atoms with Crippen molar-refractivity contribution in [1.82, 2.24) is 4.90 Å². The van der Waals surface area contributed by atoms with Gasteiger partial charge in [0.1, 0.15) is 6.54 Å². The van der Waals surface area contributed by atoms with Gasteiger partial charge in [0.25, 0.3) is 5.91 Å². The number of nitrogens with zero attached hydrogens (tertiary/aromatic N) is 2. The summed E-state index contributed by atoms with van der Waals surface area (Å²) < 4.78 is 4.91. The first kappa shape index (κ1) is 9.54. The van der Waals surface area contributed by atoms with Crippen molar-refractivity contribution in [3.8, 4) is 0 Å². The Morgan fingerprint density at radius 3 is 3.08 bits per heavy atom. The molecule has 0 spiro atoms. The number of hydrogen-bond acceptors (Lipinski definition) is 4. The molecular weight excluding hydrogens is 176 g/mol. The van der Waals surface area contributed by atoms with E-state index in [9.17, 15) is 4.79 Å². The van der Waals surface area contributed by atoms with E-state index >= 15 is 0 Å². The summed E-state index contributed by atoms with van der Waals surface area (Å²) >= 11 is 1.49. The molecule has 1 amide bonds. The van der Waals surface area contributed by atoms with Gasteiger partial charge in [-0.2, -0.15) is 4.99 Å². The Labute approximate surface area is 76.0 Å². The van der Waals surface area contributed by atoms with Gasteiger partial charge >= 0.3 is 0 Å². The van der Waals surface area contributed by atoms with Gasteiger partial charge in [-0.05, 0) is 6.26 Å². The van der Waals surface area contributed by atoms with Crippen molar-refractivity contribution >= 4 is 22.8 Å². The van der Waals surface area contributed by atoms with Gasteiger partial charge in [-0.3, -0.25) is 4.79 Å². The molecule has 0 aliphatic carbocycles. The van der Waals surface area contributed by atoms with Crippen LogP contribution in [0.3, 0.4) is 0 Å². The maximum Gasteiger partial charge on any atom is 0.267 e. The van der Waals surface area contributed by atoms with E-state index in [1.165, 1.54) is 11.8 Å². The van der Waals surface area contributed by atoms with Crippen LogP contribution in [0.15, 0.2) is 4.99 Å². The summed E-state index contributed by atoms with van der Waals surface area (Å²) in [5.41, 5.74) is 0. The quantitative estimate of drug-likeness (QED) is 0.634. The number of aliphatic imine (C=N–C) groups is 1. The third-order valence-corrected chi connectivity index (χ3v) is 2.28. The van der Waals surface area contributed by atoms with Gasteiger partial charge in [0.15, 0.2) is 5.17 Å². The van der Waals surface area contributed by atoms with Crippen LogP contribution in [0, 0.1) is 0 Å². The largest absolute Gasteiger partial charge is 0.383 e. The van der Waals surface area contributed by atoms with Crippen molar-refractivity contribution in [3.63, 3.8) is 0 Å². The zero-order valence-corrected chi connectivity index (χ0v) is 8.06. The molecule has 12 heavy (non-hydrogen) atoms. The average Bonchev–Trinajstić information content (AvgIpc) is 2.42. The molecule has 1 aliphatic rings. The monoisotopic (exact) mass is 188 g/mol. The van der Waals surface area contributed by atoms with Crippen LogP contribution < -0.4 is 0 Å². The number of methoxy groups -OCH3 is 1. The van der Waals surface area contributed by atoms with Crippen LogP contribution in [0.4, 0.5) is 0 Å². The second kappa shape index (κ2) is 4.47. The highest BCUT2D eigenvalue weighted by atomic mass is 32.2. The fraction of sp³-hybridized carbons (Fsp3) is 0.714. The first-order chi connectivity index (χ1) is 5.77. The van der Waals surface area contributed by atoms with E-state index in [-0.39, 0.29) is 5.91 Å². The molecule has 0 aromatic heterocycles. The van der Waals surface area contributed by atoms with Gasteiger partial charge < -0.3 is 9.64 Å². The topological polar surface area (TPSA) is 41.9 Å². The lowest BCUT2D eigenvalue weighted by atomic mass is 10.5. The third-order valence-electron chi connectivity index (χ3n) is 1.56. The van der Waals surface area contributed by atoms with E-state index < -0.39 is 0 Å². The summed E-state index contributed by atoms with van der Waals surface area (Å²) in [5, 5.41) is 0.803. The Kier molecular flexibility index (Phi) is 3.55. The molecule has 1 aliphatic heterocycles. The van der Waals surface area contributed by atoms with E-state index in [0.717, 1.165) is 11.7 Å². The number of thioether (sulfide) groups is 1. The van der Waals surface area contributed by atoms with Gasteiger partial charge in [-0.1, -0.05) is 11.8 Å². The summed E-state index contributed by atoms with van der Waals surface area (Å²) in [6.07, 6.45) is 1.91. The Morgan fingerprint density at radius 2 is 2.50 bits per heavy atom. The normalized spacial score (nSPS) is 17.0. The maximum absolute atomic E-state index is 10.9. The zero-order valence-electron chi connectivity index (χ0n) is 7.24. The van der Waals surface area contributed by atoms with E-state index in [1.807, 2.05) is 11.2 Å². The molecule has 68 valence electrons. The Hall–Kier alpha value is -0.550. The zero-order chi connectivity index (χ0) is 8.97. The van der Waals surface area contributed by atoms with Gasteiger partial charge in [-0.25, -0.2) is 0 Å².